The fourth-order valence-electron chi connectivity index (χ4n) is 1.63. The molecule has 1 rings (SSSR count). The Balaban J connectivity index is 2.98. The van der Waals surface area contributed by atoms with E-state index in [2.05, 4.69) is 6.92 Å². The zero-order valence-electron chi connectivity index (χ0n) is 11.2. The molecule has 0 aromatic heterocycles. The summed E-state index contributed by atoms with van der Waals surface area (Å²) in [5, 5.41) is 5.20. The van der Waals surface area contributed by atoms with Gasteiger partial charge < -0.3 is 4.74 Å². The molecule has 0 spiro atoms. The van der Waals surface area contributed by atoms with Crippen molar-refractivity contribution in [2.75, 3.05) is 6.61 Å². The molecule has 18 heavy (non-hydrogen) atoms. The summed E-state index contributed by atoms with van der Waals surface area (Å²) in [6.45, 7) is 6.39. The first-order chi connectivity index (χ1) is 8.36. The molecule has 2 N–H and O–H groups in total. The number of aryl methyl sites for hydroxylation is 2. The zero-order valence-corrected chi connectivity index (χ0v) is 12.0. The molecule has 1 aromatic rings. The van der Waals surface area contributed by atoms with Crippen molar-refractivity contribution in [3.63, 3.8) is 0 Å². The molecule has 4 nitrogen and oxygen atoms in total. The van der Waals surface area contributed by atoms with Crippen LogP contribution in [0.2, 0.25) is 0 Å². The van der Waals surface area contributed by atoms with E-state index in [0.717, 1.165) is 30.4 Å². The molecule has 0 bridgehead atoms. The molecule has 0 unspecified atom stereocenters. The van der Waals surface area contributed by atoms with Crippen molar-refractivity contribution in [3.05, 3.63) is 23.3 Å². The van der Waals surface area contributed by atoms with Crippen molar-refractivity contribution in [1.82, 2.24) is 0 Å². The first kappa shape index (κ1) is 15.0. The van der Waals surface area contributed by atoms with Crippen molar-refractivity contribution < 1.29 is 13.2 Å². The lowest BCUT2D eigenvalue weighted by Gasteiger charge is -2.12. The molecule has 0 radical (unpaired) electrons. The highest BCUT2D eigenvalue weighted by Crippen LogP contribution is 2.26. The number of hydrogen-bond acceptors (Lipinski definition) is 3. The number of benzene rings is 1. The van der Waals surface area contributed by atoms with Gasteiger partial charge in [0.1, 0.15) is 10.6 Å². The first-order valence-corrected chi connectivity index (χ1v) is 7.67. The van der Waals surface area contributed by atoms with Crippen molar-refractivity contribution in [2.45, 2.75) is 44.9 Å². The van der Waals surface area contributed by atoms with E-state index in [9.17, 15) is 8.42 Å². The first-order valence-electron chi connectivity index (χ1n) is 6.13. The molecule has 0 aliphatic carbocycles. The van der Waals surface area contributed by atoms with Gasteiger partial charge >= 0.3 is 0 Å². The number of sulfonamides is 1. The van der Waals surface area contributed by atoms with Crippen LogP contribution in [0.4, 0.5) is 0 Å². The number of unbranched alkanes of at least 4 members (excludes halogenated alkanes) is 2. The lowest BCUT2D eigenvalue weighted by atomic mass is 10.1. The molecular formula is C13H21NO3S. The molecule has 5 heteroatoms. The Hall–Kier alpha value is -1.07. The maximum Gasteiger partial charge on any atom is 0.241 e. The summed E-state index contributed by atoms with van der Waals surface area (Å²) in [5.74, 6) is 0.358. The number of ether oxygens (including phenoxy) is 1. The second-order valence-corrected chi connectivity index (χ2v) is 6.01. The van der Waals surface area contributed by atoms with Gasteiger partial charge in [-0.3, -0.25) is 0 Å². The van der Waals surface area contributed by atoms with Gasteiger partial charge in [-0.15, -0.1) is 0 Å². The highest BCUT2D eigenvalue weighted by atomic mass is 32.2. The van der Waals surface area contributed by atoms with Crippen LogP contribution >= 0.6 is 0 Å². The van der Waals surface area contributed by atoms with Gasteiger partial charge in [0.15, 0.2) is 0 Å². The minimum Gasteiger partial charge on any atom is -0.492 e. The summed E-state index contributed by atoms with van der Waals surface area (Å²) in [6, 6.07) is 3.31. The molecule has 0 saturated carbocycles. The van der Waals surface area contributed by atoms with Crippen molar-refractivity contribution in [1.29, 1.82) is 0 Å². The second-order valence-electron chi connectivity index (χ2n) is 4.48. The number of primary sulfonamides is 1. The normalized spacial score (nSPS) is 11.6. The van der Waals surface area contributed by atoms with Crippen LogP contribution in [-0.2, 0) is 10.0 Å². The van der Waals surface area contributed by atoms with Crippen molar-refractivity contribution in [2.24, 2.45) is 5.14 Å². The van der Waals surface area contributed by atoms with Gasteiger partial charge in [0, 0.05) is 0 Å². The quantitative estimate of drug-likeness (QED) is 0.808. The standard InChI is InChI=1S/C13H21NO3S/c1-4-5-6-7-17-12-8-10(2)11(3)9-13(12)18(14,15)16/h8-9H,4-7H2,1-3H3,(H2,14,15,16). The summed E-state index contributed by atoms with van der Waals surface area (Å²) in [7, 11) is -3.74. The molecule has 0 saturated heterocycles. The van der Waals surface area contributed by atoms with Gasteiger partial charge in [-0.1, -0.05) is 19.8 Å². The summed E-state index contributed by atoms with van der Waals surface area (Å²) >= 11 is 0. The third-order valence-electron chi connectivity index (χ3n) is 2.87. The van der Waals surface area contributed by atoms with E-state index >= 15 is 0 Å². The van der Waals surface area contributed by atoms with Crippen LogP contribution in [0.1, 0.15) is 37.3 Å². The molecule has 102 valence electrons. The Morgan fingerprint density at radius 1 is 1.17 bits per heavy atom. The highest BCUT2D eigenvalue weighted by Gasteiger charge is 2.16. The van der Waals surface area contributed by atoms with Crippen LogP contribution < -0.4 is 9.88 Å². The average Bonchev–Trinajstić information content (AvgIpc) is 2.27. The highest BCUT2D eigenvalue weighted by molar-refractivity contribution is 7.89. The topological polar surface area (TPSA) is 69.4 Å². The van der Waals surface area contributed by atoms with Crippen molar-refractivity contribution in [3.8, 4) is 5.75 Å². The lowest BCUT2D eigenvalue weighted by molar-refractivity contribution is 0.298. The summed E-state index contributed by atoms with van der Waals surface area (Å²) in [5.41, 5.74) is 1.88. The SMILES string of the molecule is CCCCCOc1cc(C)c(C)cc1S(N)(=O)=O. The van der Waals surface area contributed by atoms with Gasteiger partial charge in [0.2, 0.25) is 10.0 Å². The molecule has 0 heterocycles. The van der Waals surface area contributed by atoms with Gasteiger partial charge in [-0.2, -0.15) is 0 Å². The molecule has 0 aliphatic rings. The second kappa shape index (κ2) is 6.20. The minimum atomic E-state index is -3.74. The Bertz CT molecular complexity index is 509. The smallest absolute Gasteiger partial charge is 0.241 e. The fourth-order valence-corrected chi connectivity index (χ4v) is 2.37. The van der Waals surface area contributed by atoms with Crippen molar-refractivity contribution >= 4 is 10.0 Å². The number of rotatable bonds is 6. The van der Waals surface area contributed by atoms with Crippen LogP contribution in [0.25, 0.3) is 0 Å². The van der Waals surface area contributed by atoms with Crippen LogP contribution in [0.15, 0.2) is 17.0 Å². The van der Waals surface area contributed by atoms with E-state index in [1.807, 2.05) is 13.8 Å². The van der Waals surface area contributed by atoms with Crippen LogP contribution in [0.5, 0.6) is 5.75 Å². The van der Waals surface area contributed by atoms with E-state index in [1.165, 1.54) is 0 Å². The van der Waals surface area contributed by atoms with E-state index < -0.39 is 10.0 Å². The molecule has 0 fully saturated rings. The van der Waals surface area contributed by atoms with Crippen LogP contribution in [-0.4, -0.2) is 15.0 Å². The maximum absolute atomic E-state index is 11.5. The largest absolute Gasteiger partial charge is 0.492 e. The Morgan fingerprint density at radius 2 is 1.78 bits per heavy atom. The van der Waals surface area contributed by atoms with Gasteiger partial charge in [-0.25, -0.2) is 13.6 Å². The zero-order chi connectivity index (χ0) is 13.8. The monoisotopic (exact) mass is 271 g/mol. The molecule has 0 atom stereocenters. The van der Waals surface area contributed by atoms with E-state index in [4.69, 9.17) is 9.88 Å². The molecule has 1 aromatic carbocycles. The average molecular weight is 271 g/mol. The lowest BCUT2D eigenvalue weighted by Crippen LogP contribution is -2.15. The maximum atomic E-state index is 11.5. The Labute approximate surface area is 109 Å². The van der Waals surface area contributed by atoms with E-state index in [0.29, 0.717) is 12.4 Å². The molecular weight excluding hydrogens is 250 g/mol. The van der Waals surface area contributed by atoms with E-state index in [1.54, 1.807) is 12.1 Å². The third-order valence-corrected chi connectivity index (χ3v) is 3.80. The third kappa shape index (κ3) is 3.99. The minimum absolute atomic E-state index is 0.0714. The molecule has 0 amide bonds. The number of hydrogen-bond donors (Lipinski definition) is 1. The molecule has 0 aliphatic heterocycles. The van der Waals surface area contributed by atoms with E-state index in [-0.39, 0.29) is 4.90 Å². The Morgan fingerprint density at radius 3 is 2.33 bits per heavy atom. The van der Waals surface area contributed by atoms with Crippen LogP contribution in [0.3, 0.4) is 0 Å². The number of nitrogens with two attached hydrogens (primary N) is 1. The summed E-state index contributed by atoms with van der Waals surface area (Å²) in [4.78, 5) is 0.0714. The van der Waals surface area contributed by atoms with Gasteiger partial charge in [0.05, 0.1) is 6.61 Å². The summed E-state index contributed by atoms with van der Waals surface area (Å²) < 4.78 is 28.6. The Kier molecular flexibility index (Phi) is 5.16. The van der Waals surface area contributed by atoms with Gasteiger partial charge in [0.25, 0.3) is 0 Å². The predicted octanol–water partition coefficient (Wildman–Crippen LogP) is 2.52. The fraction of sp³-hybridized carbons (Fsp3) is 0.538. The van der Waals surface area contributed by atoms with Crippen LogP contribution in [0, 0.1) is 13.8 Å². The summed E-state index contributed by atoms with van der Waals surface area (Å²) in [6.07, 6.45) is 3.07. The van der Waals surface area contributed by atoms with Gasteiger partial charge in [-0.05, 0) is 43.5 Å². The predicted molar refractivity (Wildman–Crippen MR) is 72.3 cm³/mol.